The topological polar surface area (TPSA) is 57.6 Å². The Morgan fingerprint density at radius 3 is 2.31 bits per heavy atom. The second-order valence-corrected chi connectivity index (χ2v) is 10.1. The number of piperidine rings is 1. The summed E-state index contributed by atoms with van der Waals surface area (Å²) >= 11 is 0. The minimum atomic E-state index is -4.78. The number of carbonyl (C=O) groups is 1. The summed E-state index contributed by atoms with van der Waals surface area (Å²) in [4.78, 5) is 23.6. The molecule has 2 unspecified atom stereocenters. The van der Waals surface area contributed by atoms with Gasteiger partial charge in [0.15, 0.2) is 5.90 Å². The summed E-state index contributed by atoms with van der Waals surface area (Å²) in [6.45, 7) is 5.92. The Bertz CT molecular complexity index is 1210. The molecule has 0 saturated carbocycles. The number of likely N-dealkylation sites (tertiary alicyclic amines) is 2. The second-order valence-electron chi connectivity index (χ2n) is 10.1. The minimum Gasteiger partial charge on any atom is -0.484 e. The third-order valence-electron chi connectivity index (χ3n) is 7.13. The highest BCUT2D eigenvalue weighted by atomic mass is 19.4. The van der Waals surface area contributed by atoms with Crippen molar-refractivity contribution in [2.45, 2.75) is 24.7 Å². The lowest BCUT2D eigenvalue weighted by atomic mass is 9.84. The molecule has 0 radical (unpaired) electrons. The fourth-order valence-corrected chi connectivity index (χ4v) is 4.92. The minimum absolute atomic E-state index is 0.112. The van der Waals surface area contributed by atoms with Crippen LogP contribution in [0.4, 0.5) is 22.4 Å². The quantitative estimate of drug-likeness (QED) is 0.283. The molecule has 4 rings (SSSR count). The van der Waals surface area contributed by atoms with E-state index < -0.39 is 12.2 Å². The van der Waals surface area contributed by atoms with Crippen molar-refractivity contribution < 1.29 is 31.8 Å². The number of benzene rings is 2. The lowest BCUT2D eigenvalue weighted by molar-refractivity contribution is -0.274. The van der Waals surface area contributed by atoms with Crippen molar-refractivity contribution in [2.24, 2.45) is 10.9 Å². The van der Waals surface area contributed by atoms with Crippen LogP contribution in [0.1, 0.15) is 23.5 Å². The molecule has 11 heteroatoms. The van der Waals surface area contributed by atoms with E-state index in [0.717, 1.165) is 5.56 Å². The highest BCUT2D eigenvalue weighted by molar-refractivity contribution is 5.86. The maximum absolute atomic E-state index is 13.7. The number of amides is 2. The van der Waals surface area contributed by atoms with Crippen LogP contribution in [0.15, 0.2) is 60.1 Å². The first-order chi connectivity index (χ1) is 18.4. The number of hydrogen-bond acceptors (Lipinski definition) is 5. The third kappa shape index (κ3) is 7.08. The van der Waals surface area contributed by atoms with Gasteiger partial charge >= 0.3 is 12.4 Å². The third-order valence-corrected chi connectivity index (χ3v) is 7.13. The molecule has 2 amide bonds. The summed E-state index contributed by atoms with van der Waals surface area (Å²) in [6, 6.07) is 11.8. The molecule has 0 aliphatic carbocycles. The van der Waals surface area contributed by atoms with Gasteiger partial charge in [-0.2, -0.15) is 0 Å². The molecule has 39 heavy (non-hydrogen) atoms. The van der Waals surface area contributed by atoms with Crippen LogP contribution in [0.5, 0.6) is 5.75 Å². The fraction of sp³-hybridized carbons (Fsp3) is 0.429. The number of ether oxygens (including phenoxy) is 2. The first kappa shape index (κ1) is 28.4. The Kier molecular flexibility index (Phi) is 8.48. The van der Waals surface area contributed by atoms with Gasteiger partial charge in [0, 0.05) is 43.7 Å². The predicted molar refractivity (Wildman–Crippen MR) is 140 cm³/mol. The van der Waals surface area contributed by atoms with E-state index in [4.69, 9.17) is 4.74 Å². The summed E-state index contributed by atoms with van der Waals surface area (Å²) in [5.41, 5.74) is 1.58. The molecule has 2 atom stereocenters. The number of nitrogens with zero attached hydrogens (tertiary/aromatic N) is 4. The summed E-state index contributed by atoms with van der Waals surface area (Å²) in [7, 11) is 5.42. The van der Waals surface area contributed by atoms with Gasteiger partial charge in [0.25, 0.3) is 0 Å². The van der Waals surface area contributed by atoms with E-state index in [1.807, 2.05) is 14.1 Å². The van der Waals surface area contributed by atoms with Crippen LogP contribution in [0.25, 0.3) is 5.70 Å². The molecular formula is C28H32F4N4O3. The molecular weight excluding hydrogens is 516 g/mol. The lowest BCUT2D eigenvalue weighted by Crippen LogP contribution is -2.63. The molecule has 7 nitrogen and oxygen atoms in total. The van der Waals surface area contributed by atoms with Gasteiger partial charge in [0.2, 0.25) is 0 Å². The number of rotatable bonds is 6. The van der Waals surface area contributed by atoms with Gasteiger partial charge in [0.05, 0.1) is 18.7 Å². The Hall–Kier alpha value is -3.60. The Morgan fingerprint density at radius 1 is 1.05 bits per heavy atom. The Labute approximate surface area is 225 Å². The van der Waals surface area contributed by atoms with Gasteiger partial charge in [-0.25, -0.2) is 14.2 Å². The summed E-state index contributed by atoms with van der Waals surface area (Å²) in [5.74, 6) is -0.895. The molecule has 2 aliphatic heterocycles. The Balaban J connectivity index is 1.58. The van der Waals surface area contributed by atoms with Crippen LogP contribution in [-0.4, -0.2) is 86.4 Å². The summed E-state index contributed by atoms with van der Waals surface area (Å²) < 4.78 is 61.3. The Morgan fingerprint density at radius 2 is 1.72 bits per heavy atom. The van der Waals surface area contributed by atoms with Gasteiger partial charge in [0.1, 0.15) is 11.6 Å². The van der Waals surface area contributed by atoms with Crippen molar-refractivity contribution >= 4 is 17.6 Å². The van der Waals surface area contributed by atoms with Crippen molar-refractivity contribution in [2.75, 3.05) is 47.4 Å². The van der Waals surface area contributed by atoms with Crippen LogP contribution >= 0.6 is 0 Å². The molecule has 2 saturated heterocycles. The lowest BCUT2D eigenvalue weighted by Gasteiger charge is -2.47. The smallest absolute Gasteiger partial charge is 0.484 e. The normalized spacial score (nSPS) is 20.6. The number of aliphatic imine (C=N–C) groups is 1. The van der Waals surface area contributed by atoms with Crippen molar-refractivity contribution in [1.29, 1.82) is 0 Å². The zero-order chi connectivity index (χ0) is 28.3. The van der Waals surface area contributed by atoms with E-state index in [2.05, 4.69) is 21.2 Å². The van der Waals surface area contributed by atoms with E-state index >= 15 is 0 Å². The standard InChI is InChI=1S/C28H32F4N4O3/c1-18(20-6-5-7-23(29)13-20)33-26(38-4)22-12-21(19-8-10-25(11-9-19)39-28(30,31)32)14-35(15-22)27(37)36-16-24(17-36)34(2)3/h5-11,13,21-22,24H,1,12,14-17H2,2-4H3. The molecule has 0 aromatic heterocycles. The van der Waals surface area contributed by atoms with E-state index in [-0.39, 0.29) is 29.7 Å². The van der Waals surface area contributed by atoms with Gasteiger partial charge in [-0.15, -0.1) is 13.2 Å². The highest BCUT2D eigenvalue weighted by Crippen LogP contribution is 2.34. The second kappa shape index (κ2) is 11.6. The monoisotopic (exact) mass is 548 g/mol. The highest BCUT2D eigenvalue weighted by Gasteiger charge is 2.40. The number of halogens is 4. The molecule has 2 aliphatic rings. The van der Waals surface area contributed by atoms with Crippen molar-refractivity contribution in [3.63, 3.8) is 0 Å². The molecule has 210 valence electrons. The van der Waals surface area contributed by atoms with Crippen LogP contribution in [0, 0.1) is 11.7 Å². The van der Waals surface area contributed by atoms with Gasteiger partial charge in [-0.05, 0) is 50.3 Å². The van der Waals surface area contributed by atoms with E-state index in [1.54, 1.807) is 34.1 Å². The average Bonchev–Trinajstić information content (AvgIpc) is 2.85. The zero-order valence-electron chi connectivity index (χ0n) is 22.1. The van der Waals surface area contributed by atoms with Crippen molar-refractivity contribution in [3.8, 4) is 5.75 Å². The maximum atomic E-state index is 13.7. The van der Waals surface area contributed by atoms with Crippen molar-refractivity contribution in [3.05, 3.63) is 72.1 Å². The number of carbonyl (C=O) groups excluding carboxylic acids is 1. The van der Waals surface area contributed by atoms with Crippen LogP contribution in [0.2, 0.25) is 0 Å². The van der Waals surface area contributed by atoms with Crippen molar-refractivity contribution in [1.82, 2.24) is 14.7 Å². The number of alkyl halides is 3. The van der Waals surface area contributed by atoms with E-state index in [1.165, 1.54) is 31.4 Å². The molecule has 2 aromatic rings. The first-order valence-corrected chi connectivity index (χ1v) is 12.6. The molecule has 2 fully saturated rings. The molecule has 0 bridgehead atoms. The van der Waals surface area contributed by atoms with Crippen LogP contribution < -0.4 is 4.74 Å². The maximum Gasteiger partial charge on any atom is 0.573 e. The zero-order valence-corrected chi connectivity index (χ0v) is 22.1. The molecule has 2 heterocycles. The fourth-order valence-electron chi connectivity index (χ4n) is 4.92. The predicted octanol–water partition coefficient (Wildman–Crippen LogP) is 5.21. The molecule has 0 spiro atoms. The first-order valence-electron chi connectivity index (χ1n) is 12.6. The van der Waals surface area contributed by atoms with Gasteiger partial charge in [-0.1, -0.05) is 30.8 Å². The van der Waals surface area contributed by atoms with E-state index in [9.17, 15) is 22.4 Å². The average molecular weight is 549 g/mol. The largest absolute Gasteiger partial charge is 0.573 e. The molecule has 0 N–H and O–H groups in total. The molecule has 2 aromatic carbocycles. The SMILES string of the molecule is C=C(N=C(OC)C1CC(c2ccc(OC(F)(F)F)cc2)CN(C(=O)N2CC(N(C)C)C2)C1)c1cccc(F)c1. The van der Waals surface area contributed by atoms with Crippen LogP contribution in [-0.2, 0) is 4.74 Å². The number of methoxy groups -OCH3 is 1. The number of hydrogen-bond donors (Lipinski definition) is 0. The number of likely N-dealkylation sites (N-methyl/N-ethyl adjacent to an activating group) is 1. The van der Waals surface area contributed by atoms with Gasteiger partial charge < -0.3 is 24.2 Å². The number of urea groups is 1. The summed E-state index contributed by atoms with van der Waals surface area (Å²) in [5, 5.41) is 0. The summed E-state index contributed by atoms with van der Waals surface area (Å²) in [6.07, 6.45) is -4.25. The van der Waals surface area contributed by atoms with Crippen LogP contribution in [0.3, 0.4) is 0 Å². The van der Waals surface area contributed by atoms with E-state index in [0.29, 0.717) is 49.8 Å². The van der Waals surface area contributed by atoms with Gasteiger partial charge in [-0.3, -0.25) is 0 Å².